The van der Waals surface area contributed by atoms with Crippen LogP contribution < -0.4 is 10.6 Å². The standard InChI is InChI=1S/C19H19F2N5O2S3/c1-10(30-19-26-25-17(31-19)22-8-12-3-2-6-28-12)16(27)24-18-23-15(9-29-18)11-4-5-13(20)14(21)7-11/h4-5,7,9-10,12H,2-3,6,8H2,1H3,(H,22,25)(H,23,24,27)/t10-,12+/m1/s1. The van der Waals surface area contributed by atoms with E-state index in [0.29, 0.717) is 32.4 Å². The number of hydrogen-bond donors (Lipinski definition) is 2. The topological polar surface area (TPSA) is 89.0 Å². The Morgan fingerprint density at radius 2 is 2.19 bits per heavy atom. The number of carbonyl (C=O) groups is 1. The van der Waals surface area contributed by atoms with Gasteiger partial charge in [-0.1, -0.05) is 23.1 Å². The Bertz CT molecular complexity index is 1050. The quantitative estimate of drug-likeness (QED) is 0.451. The number of nitrogens with one attached hydrogen (secondary N) is 2. The highest BCUT2D eigenvalue weighted by Crippen LogP contribution is 2.31. The summed E-state index contributed by atoms with van der Waals surface area (Å²) >= 11 is 3.90. The molecule has 4 rings (SSSR count). The summed E-state index contributed by atoms with van der Waals surface area (Å²) < 4.78 is 32.8. The molecule has 1 saturated heterocycles. The van der Waals surface area contributed by atoms with Crippen molar-refractivity contribution in [2.24, 2.45) is 0 Å². The number of anilines is 2. The summed E-state index contributed by atoms with van der Waals surface area (Å²) in [5.41, 5.74) is 0.903. The maximum Gasteiger partial charge on any atom is 0.239 e. The largest absolute Gasteiger partial charge is 0.376 e. The first kappa shape index (κ1) is 22.1. The molecule has 0 bridgehead atoms. The van der Waals surface area contributed by atoms with Gasteiger partial charge in [0.1, 0.15) is 0 Å². The van der Waals surface area contributed by atoms with E-state index in [0.717, 1.165) is 31.6 Å². The van der Waals surface area contributed by atoms with Gasteiger partial charge >= 0.3 is 0 Å². The van der Waals surface area contributed by atoms with Crippen LogP contribution in [0, 0.1) is 11.6 Å². The van der Waals surface area contributed by atoms with Crippen LogP contribution in [0.3, 0.4) is 0 Å². The number of ether oxygens (including phenoxy) is 1. The predicted molar refractivity (Wildman–Crippen MR) is 119 cm³/mol. The number of benzene rings is 1. The van der Waals surface area contributed by atoms with E-state index in [1.54, 1.807) is 12.3 Å². The molecule has 2 N–H and O–H groups in total. The molecule has 0 saturated carbocycles. The molecule has 1 aliphatic rings. The summed E-state index contributed by atoms with van der Waals surface area (Å²) in [4.78, 5) is 16.8. The zero-order valence-electron chi connectivity index (χ0n) is 16.4. The van der Waals surface area contributed by atoms with Gasteiger partial charge in [0.25, 0.3) is 0 Å². The normalized spacial score (nSPS) is 16.9. The summed E-state index contributed by atoms with van der Waals surface area (Å²) in [7, 11) is 0. The molecule has 1 aromatic carbocycles. The highest BCUT2D eigenvalue weighted by atomic mass is 32.2. The molecule has 2 aromatic heterocycles. The lowest BCUT2D eigenvalue weighted by atomic mass is 10.2. The van der Waals surface area contributed by atoms with Gasteiger partial charge < -0.3 is 15.4 Å². The number of thiazole rings is 1. The van der Waals surface area contributed by atoms with Crippen molar-refractivity contribution in [2.75, 3.05) is 23.8 Å². The van der Waals surface area contributed by atoms with Gasteiger partial charge in [-0.05, 0) is 38.0 Å². The number of halogens is 2. The van der Waals surface area contributed by atoms with E-state index in [2.05, 4.69) is 25.8 Å². The van der Waals surface area contributed by atoms with E-state index in [4.69, 9.17) is 4.74 Å². The van der Waals surface area contributed by atoms with Crippen molar-refractivity contribution in [3.63, 3.8) is 0 Å². The van der Waals surface area contributed by atoms with Crippen molar-refractivity contribution < 1.29 is 18.3 Å². The minimum Gasteiger partial charge on any atom is -0.376 e. The van der Waals surface area contributed by atoms with E-state index in [1.807, 2.05) is 0 Å². The van der Waals surface area contributed by atoms with Gasteiger partial charge in [-0.25, -0.2) is 13.8 Å². The Kier molecular flexibility index (Phi) is 7.10. The monoisotopic (exact) mass is 483 g/mol. The summed E-state index contributed by atoms with van der Waals surface area (Å²) in [5, 5.41) is 16.5. The third-order valence-corrected chi connectivity index (χ3v) is 7.33. The van der Waals surface area contributed by atoms with E-state index < -0.39 is 16.9 Å². The summed E-state index contributed by atoms with van der Waals surface area (Å²) in [6.07, 6.45) is 2.33. The second-order valence-electron chi connectivity index (χ2n) is 6.81. The van der Waals surface area contributed by atoms with Crippen molar-refractivity contribution in [3.05, 3.63) is 35.2 Å². The molecule has 0 spiro atoms. The molecule has 0 radical (unpaired) electrons. The van der Waals surface area contributed by atoms with Crippen LogP contribution in [0.25, 0.3) is 11.3 Å². The lowest BCUT2D eigenvalue weighted by Gasteiger charge is -2.09. The van der Waals surface area contributed by atoms with Gasteiger partial charge in [-0.3, -0.25) is 4.79 Å². The second kappa shape index (κ2) is 9.98. The van der Waals surface area contributed by atoms with Crippen molar-refractivity contribution in [3.8, 4) is 11.3 Å². The van der Waals surface area contributed by atoms with Gasteiger partial charge in [-0.2, -0.15) is 0 Å². The van der Waals surface area contributed by atoms with Crippen LogP contribution in [0.4, 0.5) is 19.0 Å². The van der Waals surface area contributed by atoms with Gasteiger partial charge in [0, 0.05) is 24.1 Å². The molecular formula is C19H19F2N5O2S3. The first-order chi connectivity index (χ1) is 15.0. The SMILES string of the molecule is C[C@@H](Sc1nnc(NC[C@@H]2CCCO2)s1)C(=O)Nc1nc(-c2ccc(F)c(F)c2)cs1. The fraction of sp³-hybridized carbons (Fsp3) is 0.368. The molecule has 1 aliphatic heterocycles. The number of amides is 1. The number of hydrogen-bond acceptors (Lipinski definition) is 9. The molecule has 0 unspecified atom stereocenters. The summed E-state index contributed by atoms with van der Waals surface area (Å²) in [5.74, 6) is -2.09. The Labute approximate surface area is 189 Å². The first-order valence-electron chi connectivity index (χ1n) is 9.55. The highest BCUT2D eigenvalue weighted by molar-refractivity contribution is 8.02. The van der Waals surface area contributed by atoms with Crippen LogP contribution in [-0.4, -0.2) is 45.6 Å². The molecule has 31 heavy (non-hydrogen) atoms. The van der Waals surface area contributed by atoms with Crippen molar-refractivity contribution >= 4 is 50.6 Å². The fourth-order valence-corrected chi connectivity index (χ4v) is 5.49. The number of thioether (sulfide) groups is 1. The zero-order chi connectivity index (χ0) is 21.8. The lowest BCUT2D eigenvalue weighted by Crippen LogP contribution is -2.22. The van der Waals surface area contributed by atoms with Crippen molar-refractivity contribution in [1.82, 2.24) is 15.2 Å². The third-order valence-electron chi connectivity index (χ3n) is 4.51. The lowest BCUT2D eigenvalue weighted by molar-refractivity contribution is -0.115. The molecule has 1 fully saturated rings. The van der Waals surface area contributed by atoms with Crippen LogP contribution in [0.1, 0.15) is 19.8 Å². The molecule has 12 heteroatoms. The molecule has 7 nitrogen and oxygen atoms in total. The summed E-state index contributed by atoms with van der Waals surface area (Å²) in [6.45, 7) is 3.27. The van der Waals surface area contributed by atoms with Crippen molar-refractivity contribution in [1.29, 1.82) is 0 Å². The number of nitrogens with zero attached hydrogens (tertiary/aromatic N) is 3. The minimum atomic E-state index is -0.942. The molecule has 164 valence electrons. The van der Waals surface area contributed by atoms with Crippen LogP contribution in [0.15, 0.2) is 27.9 Å². The number of carbonyl (C=O) groups excluding carboxylic acids is 1. The second-order valence-corrected chi connectivity index (χ2v) is 10.2. The van der Waals surface area contributed by atoms with Gasteiger partial charge in [0.2, 0.25) is 11.0 Å². The minimum absolute atomic E-state index is 0.208. The Hall–Kier alpha value is -2.15. The molecule has 3 aromatic rings. The Morgan fingerprint density at radius 3 is 2.97 bits per heavy atom. The van der Waals surface area contributed by atoms with E-state index >= 15 is 0 Å². The van der Waals surface area contributed by atoms with E-state index in [-0.39, 0.29) is 12.0 Å². The molecule has 1 amide bonds. The first-order valence-corrected chi connectivity index (χ1v) is 12.1. The predicted octanol–water partition coefficient (Wildman–Crippen LogP) is 4.65. The maximum absolute atomic E-state index is 13.4. The number of aromatic nitrogens is 3. The maximum atomic E-state index is 13.4. The van der Waals surface area contributed by atoms with Crippen LogP contribution in [0.2, 0.25) is 0 Å². The van der Waals surface area contributed by atoms with Gasteiger partial charge in [0.15, 0.2) is 21.1 Å². The van der Waals surface area contributed by atoms with Crippen molar-refractivity contribution in [2.45, 2.75) is 35.5 Å². The zero-order valence-corrected chi connectivity index (χ0v) is 18.9. The van der Waals surface area contributed by atoms with Gasteiger partial charge in [-0.15, -0.1) is 21.5 Å². The smallest absolute Gasteiger partial charge is 0.239 e. The van der Waals surface area contributed by atoms with Crippen LogP contribution in [-0.2, 0) is 9.53 Å². The Morgan fingerprint density at radius 1 is 1.32 bits per heavy atom. The molecule has 0 aliphatic carbocycles. The van der Waals surface area contributed by atoms with Gasteiger partial charge in [0.05, 0.1) is 17.0 Å². The van der Waals surface area contributed by atoms with E-state index in [1.165, 1.54) is 40.5 Å². The highest BCUT2D eigenvalue weighted by Gasteiger charge is 2.20. The summed E-state index contributed by atoms with van der Waals surface area (Å²) in [6, 6.07) is 3.57. The average Bonchev–Trinajstić information content (AvgIpc) is 3.50. The molecular weight excluding hydrogens is 464 g/mol. The average molecular weight is 484 g/mol. The third kappa shape index (κ3) is 5.76. The Balaban J connectivity index is 1.29. The van der Waals surface area contributed by atoms with Crippen LogP contribution in [0.5, 0.6) is 0 Å². The van der Waals surface area contributed by atoms with E-state index in [9.17, 15) is 13.6 Å². The number of rotatable bonds is 8. The van der Waals surface area contributed by atoms with Crippen LogP contribution >= 0.6 is 34.4 Å². The molecule has 3 heterocycles. The molecule has 2 atom stereocenters. The fourth-order valence-electron chi connectivity index (χ4n) is 2.87.